The molecule has 3 atom stereocenters. The second-order valence-electron chi connectivity index (χ2n) is 10.7. The average molecular weight is 579 g/mol. The van der Waals surface area contributed by atoms with Crippen molar-refractivity contribution in [2.24, 2.45) is 5.92 Å². The highest BCUT2D eigenvalue weighted by atomic mass is 35.5. The predicted molar refractivity (Wildman–Crippen MR) is 150 cm³/mol. The Bertz CT molecular complexity index is 1520. The average Bonchev–Trinajstić information content (AvgIpc) is 3.55. The molecule has 3 aromatic rings. The summed E-state index contributed by atoms with van der Waals surface area (Å²) in [5.41, 5.74) is 2.12. The molecule has 0 amide bonds. The maximum atomic E-state index is 13.2. The SMILES string of the molecule is CCC[C@@H]1C[C@H](NS(=O)(=O)C2CC2)C[C@@H]1NCCc1cnc2c(ccn2S(=O)(=O)c2ccc(C)cc2)c1Cl. The van der Waals surface area contributed by atoms with Gasteiger partial charge in [-0.15, -0.1) is 0 Å². The van der Waals surface area contributed by atoms with Gasteiger partial charge in [-0.25, -0.2) is 30.5 Å². The van der Waals surface area contributed by atoms with E-state index in [-0.39, 0.29) is 22.2 Å². The van der Waals surface area contributed by atoms with E-state index >= 15 is 0 Å². The van der Waals surface area contributed by atoms with Crippen LogP contribution < -0.4 is 10.0 Å². The van der Waals surface area contributed by atoms with Gasteiger partial charge in [-0.3, -0.25) is 0 Å². The minimum Gasteiger partial charge on any atom is -0.313 e. The van der Waals surface area contributed by atoms with Gasteiger partial charge in [-0.1, -0.05) is 42.6 Å². The fourth-order valence-electron chi connectivity index (χ4n) is 5.52. The zero-order valence-electron chi connectivity index (χ0n) is 21.7. The van der Waals surface area contributed by atoms with Gasteiger partial charge in [-0.05, 0) is 81.7 Å². The molecular weight excluding hydrogens is 544 g/mol. The molecule has 2 aliphatic carbocycles. The molecule has 0 unspecified atom stereocenters. The van der Waals surface area contributed by atoms with E-state index < -0.39 is 20.0 Å². The number of benzene rings is 1. The molecule has 2 aliphatic rings. The van der Waals surface area contributed by atoms with Crippen molar-refractivity contribution < 1.29 is 16.8 Å². The molecule has 2 saturated carbocycles. The largest absolute Gasteiger partial charge is 0.313 e. The third-order valence-corrected chi connectivity index (χ3v) is 11.9. The Morgan fingerprint density at radius 2 is 1.82 bits per heavy atom. The molecule has 11 heteroatoms. The molecule has 0 bridgehead atoms. The molecule has 0 spiro atoms. The van der Waals surface area contributed by atoms with Crippen LogP contribution in [0.5, 0.6) is 0 Å². The molecule has 0 radical (unpaired) electrons. The van der Waals surface area contributed by atoms with Gasteiger partial charge in [0.15, 0.2) is 5.65 Å². The minimum absolute atomic E-state index is 0.0218. The van der Waals surface area contributed by atoms with Gasteiger partial charge in [0, 0.05) is 29.9 Å². The summed E-state index contributed by atoms with van der Waals surface area (Å²) in [6.07, 6.45) is 9.05. The van der Waals surface area contributed by atoms with Gasteiger partial charge in [0.1, 0.15) is 0 Å². The number of aromatic nitrogens is 2. The number of hydrogen-bond acceptors (Lipinski definition) is 6. The van der Waals surface area contributed by atoms with Crippen LogP contribution in [0.15, 0.2) is 47.6 Å². The van der Waals surface area contributed by atoms with E-state index in [1.54, 1.807) is 36.5 Å². The molecule has 1 aromatic carbocycles. The lowest BCUT2D eigenvalue weighted by Crippen LogP contribution is -2.37. The normalized spacial score (nSPS) is 22.3. The van der Waals surface area contributed by atoms with E-state index in [2.05, 4.69) is 21.9 Å². The smallest absolute Gasteiger partial charge is 0.269 e. The number of fused-ring (bicyclic) bond motifs is 1. The molecule has 2 fully saturated rings. The number of aryl methyl sites for hydroxylation is 1. The number of sulfonamides is 1. The van der Waals surface area contributed by atoms with Crippen LogP contribution in [0.2, 0.25) is 5.02 Å². The molecule has 2 N–H and O–H groups in total. The molecule has 2 heterocycles. The van der Waals surface area contributed by atoms with E-state index in [4.69, 9.17) is 11.6 Å². The summed E-state index contributed by atoms with van der Waals surface area (Å²) >= 11 is 6.72. The number of nitrogens with one attached hydrogen (secondary N) is 2. The highest BCUT2D eigenvalue weighted by Gasteiger charge is 2.40. The van der Waals surface area contributed by atoms with E-state index in [1.165, 1.54) is 10.2 Å². The summed E-state index contributed by atoms with van der Waals surface area (Å²) in [7, 11) is -6.99. The van der Waals surface area contributed by atoms with Gasteiger partial charge in [0.05, 0.1) is 15.2 Å². The van der Waals surface area contributed by atoms with Crippen molar-refractivity contribution >= 4 is 42.7 Å². The monoisotopic (exact) mass is 578 g/mol. The number of hydrogen-bond donors (Lipinski definition) is 2. The lowest BCUT2D eigenvalue weighted by atomic mass is 9.98. The van der Waals surface area contributed by atoms with Gasteiger partial charge in [0.2, 0.25) is 10.0 Å². The second-order valence-corrected chi connectivity index (χ2v) is 14.8. The molecule has 38 heavy (non-hydrogen) atoms. The van der Waals surface area contributed by atoms with Crippen molar-refractivity contribution in [1.29, 1.82) is 0 Å². The van der Waals surface area contributed by atoms with Crippen molar-refractivity contribution in [3.63, 3.8) is 0 Å². The first-order valence-electron chi connectivity index (χ1n) is 13.3. The second kappa shape index (κ2) is 10.9. The highest BCUT2D eigenvalue weighted by Crippen LogP contribution is 2.34. The Kier molecular flexibility index (Phi) is 7.90. The summed E-state index contributed by atoms with van der Waals surface area (Å²) in [6, 6.07) is 8.62. The molecule has 2 aromatic heterocycles. The molecular formula is C27H35ClN4O4S2. The lowest BCUT2D eigenvalue weighted by molar-refractivity contribution is 0.378. The van der Waals surface area contributed by atoms with Crippen LogP contribution in [-0.2, 0) is 26.5 Å². The van der Waals surface area contributed by atoms with Crippen LogP contribution in [0.1, 0.15) is 56.6 Å². The summed E-state index contributed by atoms with van der Waals surface area (Å²) in [4.78, 5) is 4.67. The van der Waals surface area contributed by atoms with E-state index in [1.807, 2.05) is 6.92 Å². The lowest BCUT2D eigenvalue weighted by Gasteiger charge is -2.20. The van der Waals surface area contributed by atoms with Crippen LogP contribution in [0.3, 0.4) is 0 Å². The molecule has 0 aliphatic heterocycles. The molecule has 206 valence electrons. The Morgan fingerprint density at radius 3 is 2.50 bits per heavy atom. The summed E-state index contributed by atoms with van der Waals surface area (Å²) in [6.45, 7) is 4.73. The Labute approximate surface area is 230 Å². The number of nitrogens with zero attached hydrogens (tertiary/aromatic N) is 2. The van der Waals surface area contributed by atoms with Crippen molar-refractivity contribution in [3.05, 3.63) is 58.9 Å². The Morgan fingerprint density at radius 1 is 1.08 bits per heavy atom. The van der Waals surface area contributed by atoms with Gasteiger partial charge in [0.25, 0.3) is 10.0 Å². The predicted octanol–water partition coefficient (Wildman–Crippen LogP) is 4.40. The summed E-state index contributed by atoms with van der Waals surface area (Å²) in [5, 5.41) is 4.53. The number of halogens is 1. The topological polar surface area (TPSA) is 110 Å². The van der Waals surface area contributed by atoms with Crippen molar-refractivity contribution in [3.8, 4) is 0 Å². The molecule has 0 saturated heterocycles. The third kappa shape index (κ3) is 5.65. The maximum Gasteiger partial charge on any atom is 0.269 e. The number of rotatable bonds is 11. The maximum absolute atomic E-state index is 13.2. The van der Waals surface area contributed by atoms with Crippen molar-refractivity contribution in [2.75, 3.05) is 6.54 Å². The highest BCUT2D eigenvalue weighted by molar-refractivity contribution is 7.90. The zero-order valence-corrected chi connectivity index (χ0v) is 24.1. The fourth-order valence-corrected chi connectivity index (χ4v) is 8.72. The van der Waals surface area contributed by atoms with Gasteiger partial charge >= 0.3 is 0 Å². The fraction of sp³-hybridized carbons (Fsp3) is 0.519. The number of pyridine rings is 1. The van der Waals surface area contributed by atoms with E-state index in [0.29, 0.717) is 34.9 Å². The zero-order chi connectivity index (χ0) is 27.1. The van der Waals surface area contributed by atoms with E-state index in [9.17, 15) is 16.8 Å². The van der Waals surface area contributed by atoms with Gasteiger partial charge in [-0.2, -0.15) is 0 Å². The summed E-state index contributed by atoms with van der Waals surface area (Å²) in [5.74, 6) is 0.420. The standard InChI is InChI=1S/C27H35ClN4O4S2/c1-3-4-19-15-21(31-37(33,34)22-9-10-22)16-25(19)29-13-11-20-17-30-27-24(26(20)28)12-14-32(27)38(35,36)23-7-5-18(2)6-8-23/h5-8,12,14,17,19,21-22,25,29,31H,3-4,9-11,13,15-16H2,1-2H3/t19-,21+,25+/m1/s1. The van der Waals surface area contributed by atoms with Crippen LogP contribution in [0.25, 0.3) is 11.0 Å². The molecule has 8 nitrogen and oxygen atoms in total. The first-order valence-corrected chi connectivity index (χ1v) is 16.7. The Hall–Kier alpha value is -1.98. The van der Waals surface area contributed by atoms with Crippen molar-refractivity contribution in [1.82, 2.24) is 19.0 Å². The van der Waals surface area contributed by atoms with Gasteiger partial charge < -0.3 is 5.32 Å². The summed E-state index contributed by atoms with van der Waals surface area (Å²) < 4.78 is 55.4. The van der Waals surface area contributed by atoms with Crippen LogP contribution in [0, 0.1) is 12.8 Å². The minimum atomic E-state index is -3.79. The van der Waals surface area contributed by atoms with E-state index in [0.717, 1.165) is 49.7 Å². The third-order valence-electron chi connectivity index (χ3n) is 7.71. The molecule has 5 rings (SSSR count). The van der Waals surface area contributed by atoms with Crippen LogP contribution in [-0.4, -0.2) is 49.7 Å². The first kappa shape index (κ1) is 27.6. The van der Waals surface area contributed by atoms with Crippen molar-refractivity contribution in [2.45, 2.75) is 81.0 Å². The first-order chi connectivity index (χ1) is 18.1. The quantitative estimate of drug-likeness (QED) is 0.349. The van der Waals surface area contributed by atoms with Crippen LogP contribution in [0.4, 0.5) is 0 Å². The Balaban J connectivity index is 1.26. The van der Waals surface area contributed by atoms with Crippen LogP contribution >= 0.6 is 11.6 Å².